The molecular formula is C15H16N2O3S. The molecule has 0 spiro atoms. The lowest BCUT2D eigenvalue weighted by molar-refractivity contribution is -0.141. The highest BCUT2D eigenvalue weighted by Crippen LogP contribution is 2.23. The van der Waals surface area contributed by atoms with Crippen LogP contribution in [0.15, 0.2) is 35.7 Å². The van der Waals surface area contributed by atoms with Crippen LogP contribution in [0, 0.1) is 5.92 Å². The molecule has 0 radical (unpaired) electrons. The Bertz CT molecular complexity index is 639. The zero-order chi connectivity index (χ0) is 15.4. The van der Waals surface area contributed by atoms with Gasteiger partial charge in [-0.1, -0.05) is 37.3 Å². The van der Waals surface area contributed by atoms with Gasteiger partial charge >= 0.3 is 5.97 Å². The lowest BCUT2D eigenvalue weighted by Crippen LogP contribution is -2.33. The molecule has 1 heterocycles. The summed E-state index contributed by atoms with van der Waals surface area (Å²) in [6.07, 6.45) is 0. The molecule has 0 saturated heterocycles. The Labute approximate surface area is 126 Å². The molecular weight excluding hydrogens is 288 g/mol. The second-order valence-corrected chi connectivity index (χ2v) is 5.69. The average molecular weight is 304 g/mol. The smallest absolute Gasteiger partial charge is 0.308 e. The van der Waals surface area contributed by atoms with Crippen molar-refractivity contribution in [2.75, 3.05) is 13.6 Å². The number of hydrogen-bond acceptors (Lipinski definition) is 4. The molecule has 5 nitrogen and oxygen atoms in total. The Morgan fingerprint density at radius 1 is 1.33 bits per heavy atom. The molecule has 6 heteroatoms. The Morgan fingerprint density at radius 2 is 2.00 bits per heavy atom. The number of amides is 1. The van der Waals surface area contributed by atoms with E-state index in [1.807, 2.05) is 30.3 Å². The number of aromatic nitrogens is 1. The maximum absolute atomic E-state index is 12.2. The Kier molecular flexibility index (Phi) is 4.70. The fourth-order valence-corrected chi connectivity index (χ4v) is 2.65. The van der Waals surface area contributed by atoms with Gasteiger partial charge in [0.15, 0.2) is 0 Å². The molecule has 1 N–H and O–H groups in total. The molecule has 0 aliphatic heterocycles. The van der Waals surface area contributed by atoms with Crippen LogP contribution in [0.25, 0.3) is 10.6 Å². The van der Waals surface area contributed by atoms with Crippen molar-refractivity contribution >= 4 is 23.2 Å². The Morgan fingerprint density at radius 3 is 2.62 bits per heavy atom. The molecule has 2 rings (SSSR count). The molecule has 1 amide bonds. The van der Waals surface area contributed by atoms with Crippen LogP contribution < -0.4 is 0 Å². The SMILES string of the molecule is CC(CN(C)C(=O)c1csc(-c2ccccc2)n1)C(=O)O. The first-order valence-electron chi connectivity index (χ1n) is 6.48. The monoisotopic (exact) mass is 304 g/mol. The van der Waals surface area contributed by atoms with Crippen LogP contribution in [0.2, 0.25) is 0 Å². The highest BCUT2D eigenvalue weighted by molar-refractivity contribution is 7.13. The van der Waals surface area contributed by atoms with E-state index in [1.165, 1.54) is 16.2 Å². The van der Waals surface area contributed by atoms with Gasteiger partial charge in [-0.05, 0) is 0 Å². The van der Waals surface area contributed by atoms with Gasteiger partial charge in [0.1, 0.15) is 10.7 Å². The zero-order valence-corrected chi connectivity index (χ0v) is 12.6. The van der Waals surface area contributed by atoms with Crippen LogP contribution in [0.1, 0.15) is 17.4 Å². The molecule has 1 unspecified atom stereocenters. The normalized spacial score (nSPS) is 11.9. The number of aliphatic carboxylic acids is 1. The van der Waals surface area contributed by atoms with Gasteiger partial charge in [-0.25, -0.2) is 4.98 Å². The standard InChI is InChI=1S/C15H16N2O3S/c1-10(15(19)20)8-17(2)14(18)12-9-21-13(16-12)11-6-4-3-5-7-11/h3-7,9-10H,8H2,1-2H3,(H,19,20). The summed E-state index contributed by atoms with van der Waals surface area (Å²) < 4.78 is 0. The van der Waals surface area contributed by atoms with E-state index in [4.69, 9.17) is 5.11 Å². The van der Waals surface area contributed by atoms with Gasteiger partial charge < -0.3 is 10.0 Å². The molecule has 0 bridgehead atoms. The van der Waals surface area contributed by atoms with E-state index in [0.717, 1.165) is 10.6 Å². The number of carboxylic acids is 1. The van der Waals surface area contributed by atoms with Crippen LogP contribution in [0.3, 0.4) is 0 Å². The quantitative estimate of drug-likeness (QED) is 0.921. The molecule has 1 aromatic heterocycles. The van der Waals surface area contributed by atoms with Gasteiger partial charge in [-0.15, -0.1) is 11.3 Å². The summed E-state index contributed by atoms with van der Waals surface area (Å²) in [5.74, 6) is -1.79. The summed E-state index contributed by atoms with van der Waals surface area (Å²) in [4.78, 5) is 28.8. The second-order valence-electron chi connectivity index (χ2n) is 4.83. The van der Waals surface area contributed by atoms with Crippen molar-refractivity contribution in [3.8, 4) is 10.6 Å². The van der Waals surface area contributed by atoms with Crippen LogP contribution in [0.4, 0.5) is 0 Å². The maximum Gasteiger partial charge on any atom is 0.308 e. The summed E-state index contributed by atoms with van der Waals surface area (Å²) in [5.41, 5.74) is 1.31. The number of rotatable bonds is 5. The summed E-state index contributed by atoms with van der Waals surface area (Å²) in [7, 11) is 1.59. The van der Waals surface area contributed by atoms with Gasteiger partial charge in [0, 0.05) is 24.5 Å². The number of carbonyl (C=O) groups excluding carboxylic acids is 1. The van der Waals surface area contributed by atoms with Crippen molar-refractivity contribution < 1.29 is 14.7 Å². The van der Waals surface area contributed by atoms with E-state index in [2.05, 4.69) is 4.98 Å². The van der Waals surface area contributed by atoms with E-state index in [0.29, 0.717) is 5.69 Å². The number of carboxylic acid groups (broad SMARTS) is 1. The number of carbonyl (C=O) groups is 2. The van der Waals surface area contributed by atoms with Crippen molar-refractivity contribution in [2.45, 2.75) is 6.92 Å². The topological polar surface area (TPSA) is 70.5 Å². The Balaban J connectivity index is 2.10. The molecule has 2 aromatic rings. The second kappa shape index (κ2) is 6.49. The number of benzene rings is 1. The Hall–Kier alpha value is -2.21. The molecule has 21 heavy (non-hydrogen) atoms. The fourth-order valence-electron chi connectivity index (χ4n) is 1.85. The third kappa shape index (κ3) is 3.66. The molecule has 1 aromatic carbocycles. The van der Waals surface area contributed by atoms with Crippen molar-refractivity contribution in [2.24, 2.45) is 5.92 Å². The summed E-state index contributed by atoms with van der Waals surface area (Å²) in [6, 6.07) is 9.62. The van der Waals surface area contributed by atoms with Crippen molar-refractivity contribution in [1.82, 2.24) is 9.88 Å². The highest BCUT2D eigenvalue weighted by Gasteiger charge is 2.20. The minimum absolute atomic E-state index is 0.159. The van der Waals surface area contributed by atoms with Crippen LogP contribution in [0.5, 0.6) is 0 Å². The molecule has 0 saturated carbocycles. The van der Waals surface area contributed by atoms with Gasteiger partial charge in [0.05, 0.1) is 5.92 Å². The lowest BCUT2D eigenvalue weighted by atomic mass is 10.2. The molecule has 110 valence electrons. The first-order chi connectivity index (χ1) is 9.99. The van der Waals surface area contributed by atoms with Crippen molar-refractivity contribution in [3.05, 3.63) is 41.4 Å². The predicted molar refractivity (Wildman–Crippen MR) is 81.3 cm³/mol. The van der Waals surface area contributed by atoms with Gasteiger partial charge in [-0.2, -0.15) is 0 Å². The molecule has 0 aliphatic rings. The van der Waals surface area contributed by atoms with Crippen LogP contribution in [-0.2, 0) is 4.79 Å². The van der Waals surface area contributed by atoms with Gasteiger partial charge in [0.2, 0.25) is 0 Å². The summed E-state index contributed by atoms with van der Waals surface area (Å²) >= 11 is 1.40. The largest absolute Gasteiger partial charge is 0.481 e. The maximum atomic E-state index is 12.2. The highest BCUT2D eigenvalue weighted by atomic mass is 32.1. The van der Waals surface area contributed by atoms with E-state index >= 15 is 0 Å². The van der Waals surface area contributed by atoms with Crippen LogP contribution >= 0.6 is 11.3 Å². The van der Waals surface area contributed by atoms with Gasteiger partial charge in [0.25, 0.3) is 5.91 Å². The van der Waals surface area contributed by atoms with E-state index in [-0.39, 0.29) is 12.5 Å². The lowest BCUT2D eigenvalue weighted by Gasteiger charge is -2.18. The molecule has 0 fully saturated rings. The first-order valence-corrected chi connectivity index (χ1v) is 7.36. The van der Waals surface area contributed by atoms with E-state index in [1.54, 1.807) is 19.4 Å². The number of nitrogens with zero attached hydrogens (tertiary/aromatic N) is 2. The third-order valence-corrected chi connectivity index (χ3v) is 3.95. The fraction of sp³-hybridized carbons (Fsp3) is 0.267. The molecule has 0 aliphatic carbocycles. The van der Waals surface area contributed by atoms with E-state index < -0.39 is 11.9 Å². The summed E-state index contributed by atoms with van der Waals surface area (Å²) in [5, 5.41) is 11.4. The first kappa shape index (κ1) is 15.2. The van der Waals surface area contributed by atoms with Crippen molar-refractivity contribution in [1.29, 1.82) is 0 Å². The zero-order valence-electron chi connectivity index (χ0n) is 11.8. The van der Waals surface area contributed by atoms with Crippen LogP contribution in [-0.4, -0.2) is 40.5 Å². The number of thiazole rings is 1. The minimum atomic E-state index is -0.919. The number of hydrogen-bond donors (Lipinski definition) is 1. The summed E-state index contributed by atoms with van der Waals surface area (Å²) in [6.45, 7) is 1.73. The van der Waals surface area contributed by atoms with Gasteiger partial charge in [-0.3, -0.25) is 9.59 Å². The molecule has 1 atom stereocenters. The third-order valence-electron chi connectivity index (χ3n) is 3.06. The predicted octanol–water partition coefficient (Wildman–Crippen LogP) is 2.60. The van der Waals surface area contributed by atoms with Crippen molar-refractivity contribution in [3.63, 3.8) is 0 Å². The average Bonchev–Trinajstić information content (AvgIpc) is 2.96. The van der Waals surface area contributed by atoms with E-state index in [9.17, 15) is 9.59 Å². The minimum Gasteiger partial charge on any atom is -0.481 e.